The Balaban J connectivity index is 2.23. The minimum atomic E-state index is -4.18. The highest BCUT2D eigenvalue weighted by atomic mass is 32.2. The number of phenols is 1. The van der Waals surface area contributed by atoms with Crippen molar-refractivity contribution in [1.82, 2.24) is 9.19 Å². The molecule has 2 aromatic carbocycles. The van der Waals surface area contributed by atoms with E-state index in [1.807, 2.05) is 0 Å². The fourth-order valence-corrected chi connectivity index (χ4v) is 4.80. The maximum Gasteiger partial charge on any atom is 0.283 e. The molecule has 192 valence electrons. The van der Waals surface area contributed by atoms with E-state index in [0.717, 1.165) is 4.09 Å². The highest BCUT2D eigenvalue weighted by molar-refractivity contribution is 7.89. The number of rotatable bonds is 10. The molecule has 0 saturated carbocycles. The van der Waals surface area contributed by atoms with Crippen molar-refractivity contribution >= 4 is 21.9 Å². The van der Waals surface area contributed by atoms with Gasteiger partial charge in [0.15, 0.2) is 11.5 Å². The first-order chi connectivity index (χ1) is 17.1. The first-order valence-electron chi connectivity index (χ1n) is 10.8. The number of nitrogens with zero attached hydrogens (tertiary/aromatic N) is 2. The second kappa shape index (κ2) is 10.8. The van der Waals surface area contributed by atoms with E-state index in [1.165, 1.54) is 64.8 Å². The molecular formula is C25H28N2O8S. The van der Waals surface area contributed by atoms with Gasteiger partial charge in [-0.1, -0.05) is 12.2 Å². The van der Waals surface area contributed by atoms with E-state index in [9.17, 15) is 18.3 Å². The predicted molar refractivity (Wildman–Crippen MR) is 133 cm³/mol. The zero-order chi connectivity index (χ0) is 26.6. The maximum atomic E-state index is 13.7. The molecule has 3 aromatic rings. The number of phenolic OH excluding ortho intramolecular Hbond substituents is 1. The van der Waals surface area contributed by atoms with Gasteiger partial charge < -0.3 is 24.1 Å². The predicted octanol–water partition coefficient (Wildman–Crippen LogP) is 3.44. The standard InChI is InChI=1S/C25H28N2O8S/c1-15(32-3)7-12-20-16(2)27(36(30,31)19-10-8-18(28)9-11-19)26-23(20)24(29)17-13-21(33-4)25(35-6)22(14-17)34-5/h7-15,28H,1-6H3/b12-7-. The van der Waals surface area contributed by atoms with Crippen molar-refractivity contribution in [3.63, 3.8) is 0 Å². The highest BCUT2D eigenvalue weighted by Gasteiger charge is 2.29. The molecule has 0 aliphatic carbocycles. The lowest BCUT2D eigenvalue weighted by molar-refractivity contribution is 0.103. The molecule has 0 bridgehead atoms. The van der Waals surface area contributed by atoms with E-state index < -0.39 is 15.8 Å². The Morgan fingerprint density at radius 2 is 1.61 bits per heavy atom. The van der Waals surface area contributed by atoms with E-state index in [-0.39, 0.29) is 45.2 Å². The number of methoxy groups -OCH3 is 4. The lowest BCUT2D eigenvalue weighted by Gasteiger charge is -2.13. The quantitative estimate of drug-likeness (QED) is 0.403. The summed E-state index contributed by atoms with van der Waals surface area (Å²) >= 11 is 0. The van der Waals surface area contributed by atoms with Gasteiger partial charge in [0.2, 0.25) is 11.5 Å². The first kappa shape index (κ1) is 26.8. The third-order valence-electron chi connectivity index (χ3n) is 5.53. The van der Waals surface area contributed by atoms with Crippen molar-refractivity contribution in [3.8, 4) is 23.0 Å². The van der Waals surface area contributed by atoms with Gasteiger partial charge in [-0.2, -0.15) is 17.6 Å². The van der Waals surface area contributed by atoms with Crippen LogP contribution in [0, 0.1) is 6.92 Å². The molecule has 36 heavy (non-hydrogen) atoms. The molecule has 0 saturated heterocycles. The Morgan fingerprint density at radius 1 is 1.03 bits per heavy atom. The highest BCUT2D eigenvalue weighted by Crippen LogP contribution is 2.39. The number of ketones is 1. The second-order valence-electron chi connectivity index (χ2n) is 7.73. The van der Waals surface area contributed by atoms with Crippen LogP contribution in [0.2, 0.25) is 0 Å². The number of carbonyl (C=O) groups is 1. The lowest BCUT2D eigenvalue weighted by atomic mass is 10.0. The van der Waals surface area contributed by atoms with Gasteiger partial charge in [0.1, 0.15) is 11.4 Å². The van der Waals surface area contributed by atoms with Crippen LogP contribution in [0.25, 0.3) is 6.08 Å². The van der Waals surface area contributed by atoms with Crippen molar-refractivity contribution in [3.05, 3.63) is 65.0 Å². The molecule has 1 N–H and O–H groups in total. The van der Waals surface area contributed by atoms with Crippen LogP contribution in [0.4, 0.5) is 0 Å². The fourth-order valence-electron chi connectivity index (χ4n) is 3.47. The van der Waals surface area contributed by atoms with Crippen LogP contribution in [0.5, 0.6) is 23.0 Å². The Labute approximate surface area is 209 Å². The number of aromatic hydroxyl groups is 1. The summed E-state index contributed by atoms with van der Waals surface area (Å²) in [5.74, 6) is 0.196. The van der Waals surface area contributed by atoms with Crippen LogP contribution in [-0.2, 0) is 14.8 Å². The molecule has 0 fully saturated rings. The monoisotopic (exact) mass is 516 g/mol. The molecule has 1 unspecified atom stereocenters. The van der Waals surface area contributed by atoms with Gasteiger partial charge in [-0.25, -0.2) is 0 Å². The molecule has 10 nitrogen and oxygen atoms in total. The minimum Gasteiger partial charge on any atom is -0.508 e. The van der Waals surface area contributed by atoms with Crippen molar-refractivity contribution in [2.45, 2.75) is 24.8 Å². The zero-order valence-corrected chi connectivity index (χ0v) is 21.6. The molecule has 11 heteroatoms. The van der Waals surface area contributed by atoms with Gasteiger partial charge in [-0.15, -0.1) is 0 Å². The summed E-state index contributed by atoms with van der Waals surface area (Å²) in [6, 6.07) is 7.98. The van der Waals surface area contributed by atoms with Crippen LogP contribution < -0.4 is 14.2 Å². The number of carbonyl (C=O) groups excluding carboxylic acids is 1. The largest absolute Gasteiger partial charge is 0.508 e. The van der Waals surface area contributed by atoms with Crippen LogP contribution >= 0.6 is 0 Å². The number of hydrogen-bond acceptors (Lipinski definition) is 9. The molecule has 1 heterocycles. The van der Waals surface area contributed by atoms with Crippen LogP contribution in [0.15, 0.2) is 47.4 Å². The summed E-state index contributed by atoms with van der Waals surface area (Å²) in [5.41, 5.74) is 0.590. The van der Waals surface area contributed by atoms with E-state index in [2.05, 4.69) is 5.10 Å². The summed E-state index contributed by atoms with van der Waals surface area (Å²) in [6.45, 7) is 3.35. The lowest BCUT2D eigenvalue weighted by Crippen LogP contribution is -2.16. The Hall–Kier alpha value is -3.83. The topological polar surface area (TPSA) is 126 Å². The maximum absolute atomic E-state index is 13.7. The third-order valence-corrected chi connectivity index (χ3v) is 7.21. The fraction of sp³-hybridized carbons (Fsp3) is 0.280. The third kappa shape index (κ3) is 5.07. The van der Waals surface area contributed by atoms with Crippen LogP contribution in [0.3, 0.4) is 0 Å². The summed E-state index contributed by atoms with van der Waals surface area (Å²) in [7, 11) is 1.65. The van der Waals surface area contributed by atoms with Gasteiger partial charge in [0.05, 0.1) is 38.0 Å². The number of hydrogen-bond donors (Lipinski definition) is 1. The summed E-state index contributed by atoms with van der Waals surface area (Å²) < 4.78 is 48.8. The Kier molecular flexibility index (Phi) is 8.06. The van der Waals surface area contributed by atoms with Gasteiger partial charge in [0.25, 0.3) is 10.0 Å². The van der Waals surface area contributed by atoms with Gasteiger partial charge >= 0.3 is 0 Å². The van der Waals surface area contributed by atoms with E-state index in [0.29, 0.717) is 11.3 Å². The van der Waals surface area contributed by atoms with Gasteiger partial charge in [0, 0.05) is 18.2 Å². The zero-order valence-electron chi connectivity index (χ0n) is 20.8. The van der Waals surface area contributed by atoms with Crippen molar-refractivity contribution in [2.75, 3.05) is 28.4 Å². The van der Waals surface area contributed by atoms with Crippen molar-refractivity contribution in [1.29, 1.82) is 0 Å². The Bertz CT molecular complexity index is 1370. The van der Waals surface area contributed by atoms with Crippen molar-refractivity contribution in [2.24, 2.45) is 0 Å². The first-order valence-corrected chi connectivity index (χ1v) is 12.2. The summed E-state index contributed by atoms with van der Waals surface area (Å²) in [5, 5.41) is 13.8. The smallest absolute Gasteiger partial charge is 0.283 e. The molecule has 0 amide bonds. The molecule has 0 aliphatic rings. The average Bonchev–Trinajstić information content (AvgIpc) is 3.22. The minimum absolute atomic E-state index is 0.0819. The summed E-state index contributed by atoms with van der Waals surface area (Å²) in [6.07, 6.45) is 2.99. The Morgan fingerprint density at radius 3 is 2.11 bits per heavy atom. The van der Waals surface area contributed by atoms with E-state index in [1.54, 1.807) is 26.0 Å². The number of aromatic nitrogens is 2. The molecular weight excluding hydrogens is 488 g/mol. The SMILES string of the molecule is COc1cc(C(=O)c2nn(S(=O)(=O)c3ccc(O)cc3)c(C)c2/C=C\C(C)OC)cc(OC)c1OC. The molecule has 3 rings (SSSR count). The van der Waals surface area contributed by atoms with E-state index >= 15 is 0 Å². The van der Waals surface area contributed by atoms with Crippen LogP contribution in [0.1, 0.15) is 34.2 Å². The van der Waals surface area contributed by atoms with Gasteiger partial charge in [-0.3, -0.25) is 4.79 Å². The summed E-state index contributed by atoms with van der Waals surface area (Å²) in [4.78, 5) is 13.6. The van der Waals surface area contributed by atoms with Crippen molar-refractivity contribution < 1.29 is 37.3 Å². The molecule has 1 atom stereocenters. The normalized spacial score (nSPS) is 12.5. The molecule has 0 radical (unpaired) electrons. The average molecular weight is 517 g/mol. The molecule has 1 aromatic heterocycles. The number of ether oxygens (including phenoxy) is 4. The van der Waals surface area contributed by atoms with Crippen LogP contribution in [-0.4, -0.2) is 63.0 Å². The number of benzene rings is 2. The molecule has 0 aliphatic heterocycles. The van der Waals surface area contributed by atoms with Gasteiger partial charge in [-0.05, 0) is 50.2 Å². The molecule has 0 spiro atoms. The second-order valence-corrected chi connectivity index (χ2v) is 9.50. The van der Waals surface area contributed by atoms with E-state index in [4.69, 9.17) is 18.9 Å².